The molecule has 5 heteroatoms. The predicted molar refractivity (Wildman–Crippen MR) is 56.7 cm³/mol. The normalized spacial score (nSPS) is 11.6. The second kappa shape index (κ2) is 3.98. The van der Waals surface area contributed by atoms with Gasteiger partial charge in [-0.2, -0.15) is 0 Å². The maximum absolute atomic E-state index is 13.5. The molecule has 0 aliphatic carbocycles. The molecule has 15 heavy (non-hydrogen) atoms. The minimum absolute atomic E-state index is 0.0384. The van der Waals surface area contributed by atoms with Crippen LogP contribution in [-0.2, 0) is 0 Å². The fraction of sp³-hybridized carbons (Fsp3) is 0.300. The molecule has 2 nitrogen and oxygen atoms in total. The molecular formula is C10H10BrF2NO. The van der Waals surface area contributed by atoms with Crippen molar-refractivity contribution >= 4 is 21.7 Å². The molecule has 2 N–H and O–H groups in total. The van der Waals surface area contributed by atoms with Gasteiger partial charge in [0.2, 0.25) is 0 Å². The average Bonchev–Trinajstić information content (AvgIpc) is 2.10. The van der Waals surface area contributed by atoms with Gasteiger partial charge in [-0.3, -0.25) is 4.79 Å². The van der Waals surface area contributed by atoms with E-state index in [-0.39, 0.29) is 4.47 Å². The quantitative estimate of drug-likeness (QED) is 0.667. The van der Waals surface area contributed by atoms with Crippen LogP contribution in [0.4, 0.5) is 8.78 Å². The van der Waals surface area contributed by atoms with Crippen LogP contribution in [0.1, 0.15) is 24.2 Å². The highest BCUT2D eigenvalue weighted by atomic mass is 79.9. The second-order valence-corrected chi connectivity index (χ2v) is 4.62. The first-order valence-corrected chi connectivity index (χ1v) is 5.01. The molecule has 0 aromatic heterocycles. The summed E-state index contributed by atoms with van der Waals surface area (Å²) in [6.45, 7) is 2.80. The van der Waals surface area contributed by atoms with Gasteiger partial charge in [-0.05, 0) is 41.9 Å². The van der Waals surface area contributed by atoms with Gasteiger partial charge in [0.1, 0.15) is 5.82 Å². The van der Waals surface area contributed by atoms with Gasteiger partial charge >= 0.3 is 0 Å². The number of rotatable bonds is 2. The van der Waals surface area contributed by atoms with E-state index >= 15 is 0 Å². The van der Waals surface area contributed by atoms with Gasteiger partial charge in [0.25, 0.3) is 0 Å². The molecule has 0 aliphatic rings. The molecule has 0 fully saturated rings. The number of hydrogen-bond acceptors (Lipinski definition) is 2. The van der Waals surface area contributed by atoms with E-state index in [1.165, 1.54) is 19.9 Å². The molecule has 0 atom stereocenters. The van der Waals surface area contributed by atoms with Gasteiger partial charge in [0, 0.05) is 0 Å². The Morgan fingerprint density at radius 2 is 1.93 bits per heavy atom. The highest BCUT2D eigenvalue weighted by Gasteiger charge is 2.29. The van der Waals surface area contributed by atoms with Crippen molar-refractivity contribution in [2.24, 2.45) is 5.73 Å². The van der Waals surface area contributed by atoms with Gasteiger partial charge < -0.3 is 5.73 Å². The third kappa shape index (κ3) is 2.41. The van der Waals surface area contributed by atoms with E-state index in [4.69, 9.17) is 5.73 Å². The van der Waals surface area contributed by atoms with Crippen molar-refractivity contribution in [2.75, 3.05) is 0 Å². The smallest absolute Gasteiger partial charge is 0.188 e. The Kier molecular flexibility index (Phi) is 3.25. The molecule has 0 bridgehead atoms. The van der Waals surface area contributed by atoms with Gasteiger partial charge in [-0.15, -0.1) is 0 Å². The SMILES string of the molecule is CC(C)(N)C(=O)c1c(F)ccc(Br)c1F. The molecule has 1 aromatic rings. The summed E-state index contributed by atoms with van der Waals surface area (Å²) in [4.78, 5) is 11.6. The second-order valence-electron chi connectivity index (χ2n) is 3.77. The number of hydrogen-bond donors (Lipinski definition) is 1. The van der Waals surface area contributed by atoms with E-state index in [1.54, 1.807) is 0 Å². The third-order valence-corrected chi connectivity index (χ3v) is 2.47. The summed E-state index contributed by atoms with van der Waals surface area (Å²) in [6, 6.07) is 2.22. The van der Waals surface area contributed by atoms with Crippen molar-refractivity contribution in [3.8, 4) is 0 Å². The highest BCUT2D eigenvalue weighted by molar-refractivity contribution is 9.10. The van der Waals surface area contributed by atoms with E-state index in [1.807, 2.05) is 0 Å². The molecule has 0 unspecified atom stereocenters. The number of carbonyl (C=O) groups excluding carboxylic acids is 1. The summed E-state index contributed by atoms with van der Waals surface area (Å²) in [5.74, 6) is -2.59. The Hall–Kier alpha value is -0.810. The molecule has 0 radical (unpaired) electrons. The van der Waals surface area contributed by atoms with Crippen molar-refractivity contribution in [2.45, 2.75) is 19.4 Å². The lowest BCUT2D eigenvalue weighted by Gasteiger charge is -2.17. The number of nitrogens with two attached hydrogens (primary N) is 1. The van der Waals surface area contributed by atoms with Gasteiger partial charge in [0.05, 0.1) is 15.6 Å². The topological polar surface area (TPSA) is 43.1 Å². The Labute approximate surface area is 94.6 Å². The van der Waals surface area contributed by atoms with Crippen LogP contribution < -0.4 is 5.73 Å². The zero-order valence-electron chi connectivity index (χ0n) is 8.27. The van der Waals surface area contributed by atoms with Crippen LogP contribution in [0.15, 0.2) is 16.6 Å². The summed E-state index contributed by atoms with van der Waals surface area (Å²) in [6.07, 6.45) is 0. The maximum atomic E-state index is 13.5. The number of carbonyl (C=O) groups is 1. The first-order chi connectivity index (χ1) is 6.75. The average molecular weight is 278 g/mol. The van der Waals surface area contributed by atoms with Gasteiger partial charge in [-0.1, -0.05) is 0 Å². The number of Topliss-reactive ketones (excluding diaryl/α,β-unsaturated/α-hetero) is 1. The predicted octanol–water partition coefficient (Wildman–Crippen LogP) is 2.65. The largest absolute Gasteiger partial charge is 0.319 e. The molecule has 0 saturated heterocycles. The molecule has 1 aromatic carbocycles. The fourth-order valence-corrected chi connectivity index (χ4v) is 1.39. The van der Waals surface area contributed by atoms with Gasteiger partial charge in [-0.25, -0.2) is 8.78 Å². The lowest BCUT2D eigenvalue weighted by molar-refractivity contribution is 0.0904. The van der Waals surface area contributed by atoms with Crippen LogP contribution in [0.5, 0.6) is 0 Å². The highest BCUT2D eigenvalue weighted by Crippen LogP contribution is 2.24. The van der Waals surface area contributed by atoms with Crippen molar-refractivity contribution in [3.05, 3.63) is 33.8 Å². The van der Waals surface area contributed by atoms with Gasteiger partial charge in [0.15, 0.2) is 11.6 Å². The van der Waals surface area contributed by atoms with Crippen LogP contribution >= 0.6 is 15.9 Å². The monoisotopic (exact) mass is 277 g/mol. The molecule has 1 rings (SSSR count). The summed E-state index contributed by atoms with van der Waals surface area (Å²) in [7, 11) is 0. The Morgan fingerprint density at radius 1 is 1.40 bits per heavy atom. The lowest BCUT2D eigenvalue weighted by Crippen LogP contribution is -2.42. The summed E-state index contributed by atoms with van der Waals surface area (Å²) < 4.78 is 26.8. The van der Waals surface area contributed by atoms with E-state index in [9.17, 15) is 13.6 Å². The third-order valence-electron chi connectivity index (χ3n) is 1.86. The van der Waals surface area contributed by atoms with Crippen LogP contribution in [-0.4, -0.2) is 11.3 Å². The van der Waals surface area contributed by atoms with Crippen LogP contribution in [0.3, 0.4) is 0 Å². The number of ketones is 1. The molecule has 0 aliphatic heterocycles. The standard InChI is InChI=1S/C10H10BrF2NO/c1-10(2,14)9(15)7-6(12)4-3-5(11)8(7)13/h3-4H,14H2,1-2H3. The first-order valence-electron chi connectivity index (χ1n) is 4.22. The summed E-state index contributed by atoms with van der Waals surface area (Å²) in [5.41, 5.74) is 3.60. The van der Waals surface area contributed by atoms with E-state index < -0.39 is 28.5 Å². The zero-order chi connectivity index (χ0) is 11.8. The van der Waals surface area contributed by atoms with E-state index in [0.717, 1.165) is 6.07 Å². The summed E-state index contributed by atoms with van der Waals surface area (Å²) in [5, 5.41) is 0. The molecule has 82 valence electrons. The minimum Gasteiger partial charge on any atom is -0.319 e. The molecule has 0 amide bonds. The maximum Gasteiger partial charge on any atom is 0.188 e. The van der Waals surface area contributed by atoms with Crippen molar-refractivity contribution in [1.29, 1.82) is 0 Å². The molecule has 0 spiro atoms. The Balaban J connectivity index is 3.38. The van der Waals surface area contributed by atoms with Crippen LogP contribution in [0.2, 0.25) is 0 Å². The Morgan fingerprint density at radius 3 is 2.40 bits per heavy atom. The fourth-order valence-electron chi connectivity index (χ4n) is 1.06. The molecule has 0 saturated carbocycles. The first kappa shape index (κ1) is 12.3. The lowest BCUT2D eigenvalue weighted by atomic mass is 9.94. The summed E-state index contributed by atoms with van der Waals surface area (Å²) >= 11 is 2.88. The van der Waals surface area contributed by atoms with E-state index in [2.05, 4.69) is 15.9 Å². The van der Waals surface area contributed by atoms with Crippen LogP contribution in [0, 0.1) is 11.6 Å². The van der Waals surface area contributed by atoms with Crippen molar-refractivity contribution in [1.82, 2.24) is 0 Å². The molecular weight excluding hydrogens is 268 g/mol. The molecule has 0 heterocycles. The zero-order valence-corrected chi connectivity index (χ0v) is 9.86. The Bertz CT molecular complexity index is 413. The number of halogens is 3. The minimum atomic E-state index is -1.30. The van der Waals surface area contributed by atoms with Crippen molar-refractivity contribution < 1.29 is 13.6 Å². The van der Waals surface area contributed by atoms with Crippen molar-refractivity contribution in [3.63, 3.8) is 0 Å². The number of benzene rings is 1. The van der Waals surface area contributed by atoms with E-state index in [0.29, 0.717) is 0 Å². The van der Waals surface area contributed by atoms with Crippen LogP contribution in [0.25, 0.3) is 0 Å².